The number of benzene rings is 1. The van der Waals surface area contributed by atoms with Crippen LogP contribution >= 0.6 is 7.60 Å². The largest absolute Gasteiger partial charge is 0.490 e. The molecule has 2 unspecified atom stereocenters. The van der Waals surface area contributed by atoms with Crippen molar-refractivity contribution >= 4 is 19.1 Å². The summed E-state index contributed by atoms with van der Waals surface area (Å²) in [6.07, 6.45) is -2.23. The Labute approximate surface area is 195 Å². The summed E-state index contributed by atoms with van der Waals surface area (Å²) in [6.45, 7) is 1.75. The van der Waals surface area contributed by atoms with Crippen LogP contribution in [0.15, 0.2) is 29.2 Å². The molecule has 5 atom stereocenters. The predicted octanol–water partition coefficient (Wildman–Crippen LogP) is 1.19. The van der Waals surface area contributed by atoms with Crippen LogP contribution in [0.3, 0.4) is 0 Å². The number of fused-ring (bicyclic) bond motifs is 2. The number of para-hydroxylation sites is 1. The second kappa shape index (κ2) is 10.0. The molecule has 2 aliphatic rings. The second-order valence-electron chi connectivity index (χ2n) is 7.73. The number of anilines is 2. The van der Waals surface area contributed by atoms with Gasteiger partial charge in [-0.1, -0.05) is 6.07 Å². The summed E-state index contributed by atoms with van der Waals surface area (Å²) in [6, 6.07) is 5.24. The number of rotatable bonds is 9. The minimum Gasteiger partial charge on any atom is -0.490 e. The summed E-state index contributed by atoms with van der Waals surface area (Å²) in [5, 5.41) is 3.07. The lowest BCUT2D eigenvalue weighted by Crippen LogP contribution is -2.39. The zero-order chi connectivity index (χ0) is 24.5. The van der Waals surface area contributed by atoms with Crippen LogP contribution in [0, 0.1) is 0 Å². The third-order valence-corrected chi connectivity index (χ3v) is 5.86. The molecule has 4 N–H and O–H groups in total. The lowest BCUT2D eigenvalue weighted by Gasteiger charge is -2.26. The van der Waals surface area contributed by atoms with Crippen LogP contribution in [0.2, 0.25) is 0 Å². The van der Waals surface area contributed by atoms with Gasteiger partial charge in [-0.25, -0.2) is 4.79 Å². The zero-order valence-electron chi connectivity index (χ0n) is 18.9. The van der Waals surface area contributed by atoms with E-state index >= 15 is 0 Å². The number of methoxy groups -OCH3 is 2. The molecule has 2 aliphatic heterocycles. The van der Waals surface area contributed by atoms with E-state index in [9.17, 15) is 14.3 Å². The average Bonchev–Trinajstić information content (AvgIpc) is 3.11. The van der Waals surface area contributed by atoms with Gasteiger partial charge in [0.05, 0.1) is 12.8 Å². The van der Waals surface area contributed by atoms with Crippen molar-refractivity contribution in [3.05, 3.63) is 34.9 Å². The zero-order valence-corrected chi connectivity index (χ0v) is 19.8. The fourth-order valence-electron chi connectivity index (χ4n) is 3.88. The minimum absolute atomic E-state index is 0.0468. The fraction of sp³-hybridized carbons (Fsp3) is 0.500. The number of nitrogens with zero attached hydrogens (tertiary/aromatic N) is 2. The first-order chi connectivity index (χ1) is 16.3. The molecule has 3 heterocycles. The van der Waals surface area contributed by atoms with Crippen LogP contribution in [0.4, 0.5) is 11.5 Å². The Morgan fingerprint density at radius 3 is 2.76 bits per heavy atom. The van der Waals surface area contributed by atoms with Crippen molar-refractivity contribution in [2.45, 2.75) is 24.5 Å². The average molecular weight is 498 g/mol. The number of nitrogens with one attached hydrogen (secondary N) is 1. The molecule has 4 rings (SSSR count). The Bertz CT molecular complexity index is 1140. The van der Waals surface area contributed by atoms with E-state index in [1.54, 1.807) is 18.2 Å². The Kier molecular flexibility index (Phi) is 7.24. The number of nitrogens with two attached hydrogens (primary N) is 1. The maximum Gasteiger partial charge on any atom is 0.351 e. The van der Waals surface area contributed by atoms with Gasteiger partial charge in [-0.05, 0) is 12.1 Å². The molecule has 0 saturated carbocycles. The first-order valence-corrected chi connectivity index (χ1v) is 12.5. The van der Waals surface area contributed by atoms with E-state index in [0.29, 0.717) is 30.3 Å². The molecule has 0 bridgehead atoms. The molecule has 2 aromatic rings. The van der Waals surface area contributed by atoms with Crippen molar-refractivity contribution in [3.63, 3.8) is 0 Å². The third-order valence-electron chi connectivity index (χ3n) is 5.22. The van der Waals surface area contributed by atoms with Crippen molar-refractivity contribution < 1.29 is 37.7 Å². The molecule has 0 spiro atoms. The van der Waals surface area contributed by atoms with Gasteiger partial charge >= 0.3 is 13.3 Å². The molecular formula is C20H27N4O9P. The molecule has 1 saturated heterocycles. The van der Waals surface area contributed by atoms with Gasteiger partial charge in [0, 0.05) is 27.4 Å². The lowest BCUT2D eigenvalue weighted by molar-refractivity contribution is -0.0669. The predicted molar refractivity (Wildman–Crippen MR) is 120 cm³/mol. The Morgan fingerprint density at radius 1 is 1.29 bits per heavy atom. The maximum atomic E-state index is 13.0. The Balaban J connectivity index is 1.67. The molecule has 0 amide bonds. The minimum atomic E-state index is -3.90. The Morgan fingerprint density at radius 2 is 2.09 bits per heavy atom. The number of hydrogen-bond acceptors (Lipinski definition) is 11. The van der Waals surface area contributed by atoms with Crippen molar-refractivity contribution in [3.8, 4) is 17.2 Å². The van der Waals surface area contributed by atoms with Crippen LogP contribution in [0.5, 0.6) is 17.2 Å². The summed E-state index contributed by atoms with van der Waals surface area (Å²) in [5.41, 5.74) is 5.38. The lowest BCUT2D eigenvalue weighted by atomic mass is 10.1. The number of hydrogen-bond donors (Lipinski definition) is 3. The van der Waals surface area contributed by atoms with Gasteiger partial charge in [-0.2, -0.15) is 4.98 Å². The first kappa shape index (κ1) is 24.6. The quantitative estimate of drug-likeness (QED) is 0.361. The van der Waals surface area contributed by atoms with Gasteiger partial charge in [0.25, 0.3) is 0 Å². The van der Waals surface area contributed by atoms with E-state index in [4.69, 9.17) is 33.9 Å². The van der Waals surface area contributed by atoms with E-state index in [1.807, 2.05) is 0 Å². The van der Waals surface area contributed by atoms with E-state index < -0.39 is 37.8 Å². The smallest absolute Gasteiger partial charge is 0.351 e. The van der Waals surface area contributed by atoms with E-state index in [-0.39, 0.29) is 18.2 Å². The van der Waals surface area contributed by atoms with Crippen LogP contribution in [-0.4, -0.2) is 73.4 Å². The van der Waals surface area contributed by atoms with Gasteiger partial charge in [-0.15, -0.1) is 0 Å². The summed E-state index contributed by atoms with van der Waals surface area (Å²) in [7, 11) is -1.06. The number of aromatic nitrogens is 2. The molecule has 0 radical (unpaired) electrons. The Hall–Kier alpha value is -2.51. The van der Waals surface area contributed by atoms with Gasteiger partial charge in [0.2, 0.25) is 0 Å². The summed E-state index contributed by atoms with van der Waals surface area (Å²) in [5.74, 6) is 1.43. The fourth-order valence-corrected chi connectivity index (χ4v) is 4.58. The molecule has 34 heavy (non-hydrogen) atoms. The van der Waals surface area contributed by atoms with Crippen LogP contribution in [0.25, 0.3) is 0 Å². The highest BCUT2D eigenvalue weighted by atomic mass is 31.2. The van der Waals surface area contributed by atoms with E-state index in [0.717, 1.165) is 6.66 Å². The highest BCUT2D eigenvalue weighted by molar-refractivity contribution is 7.51. The summed E-state index contributed by atoms with van der Waals surface area (Å²) in [4.78, 5) is 26.8. The third kappa shape index (κ3) is 4.96. The van der Waals surface area contributed by atoms with E-state index in [1.165, 1.54) is 25.0 Å². The van der Waals surface area contributed by atoms with E-state index in [2.05, 4.69) is 10.3 Å². The first-order valence-electron chi connectivity index (χ1n) is 10.5. The maximum absolute atomic E-state index is 13.0. The van der Waals surface area contributed by atoms with Gasteiger partial charge < -0.3 is 39.6 Å². The molecule has 1 fully saturated rings. The number of ether oxygens (including phenoxy) is 5. The van der Waals surface area contributed by atoms with Gasteiger partial charge in [0.1, 0.15) is 36.4 Å². The summed E-state index contributed by atoms with van der Waals surface area (Å²) < 4.78 is 46.7. The molecular weight excluding hydrogens is 471 g/mol. The van der Waals surface area contributed by atoms with Crippen molar-refractivity contribution in [2.24, 2.45) is 5.73 Å². The molecule has 186 valence electrons. The topological polar surface area (TPSA) is 166 Å². The molecule has 0 aliphatic carbocycles. The van der Waals surface area contributed by atoms with Crippen molar-refractivity contribution in [2.75, 3.05) is 46.0 Å². The standard InChI is InChI=1S/C20H27N4O9P/c1-28-10-14-16(33-34(3,26)27)17(29-2)19(32-14)24-9-13-18(23-20(24)25)22-15-11(30-8-7-21)5-4-6-12(15)31-13/h4-6,9,14,16-17,19H,7-8,10,21H2,1-3H3,(H,26,27)(H,22,23,25)/t14-,16?,17+,19-/m1/s1. The SMILES string of the molecule is COC[C@H]1O[C@@H](n2cc3c(nc2=O)Nc2c(OCCN)cccc2O3)[C@@H](OC)C1OP(C)(=O)O. The monoisotopic (exact) mass is 498 g/mol. The van der Waals surface area contributed by atoms with Crippen molar-refractivity contribution in [1.29, 1.82) is 0 Å². The van der Waals surface area contributed by atoms with Gasteiger partial charge in [-0.3, -0.25) is 13.7 Å². The second-order valence-corrected chi connectivity index (χ2v) is 9.55. The molecule has 14 heteroatoms. The van der Waals surface area contributed by atoms with Crippen LogP contribution in [0.1, 0.15) is 6.23 Å². The highest BCUT2D eigenvalue weighted by Crippen LogP contribution is 2.47. The van der Waals surface area contributed by atoms with Crippen LogP contribution < -0.4 is 26.2 Å². The van der Waals surface area contributed by atoms with Crippen LogP contribution in [-0.2, 0) is 23.3 Å². The normalized spacial score (nSPS) is 25.0. The molecule has 1 aromatic heterocycles. The van der Waals surface area contributed by atoms with Gasteiger partial charge in [0.15, 0.2) is 23.5 Å². The molecule has 13 nitrogen and oxygen atoms in total. The summed E-state index contributed by atoms with van der Waals surface area (Å²) >= 11 is 0. The molecule has 1 aromatic carbocycles. The highest BCUT2D eigenvalue weighted by Gasteiger charge is 2.49. The van der Waals surface area contributed by atoms with Crippen molar-refractivity contribution in [1.82, 2.24) is 9.55 Å².